The highest BCUT2D eigenvalue weighted by Gasteiger charge is 2.24. The molecule has 1 saturated heterocycles. The largest absolute Gasteiger partial charge is 0.497 e. The number of nitrogens with zero attached hydrogens (tertiary/aromatic N) is 1. The van der Waals surface area contributed by atoms with Crippen LogP contribution in [0.15, 0.2) is 24.3 Å². The average Bonchev–Trinajstić information content (AvgIpc) is 2.27. The molecule has 1 heterocycles. The summed E-state index contributed by atoms with van der Waals surface area (Å²) in [5.74, 6) is 0.900. The van der Waals surface area contributed by atoms with Crippen LogP contribution in [0.1, 0.15) is 10.4 Å². The zero-order valence-electron chi connectivity index (χ0n) is 9.35. The van der Waals surface area contributed by atoms with E-state index in [1.807, 2.05) is 0 Å². The Morgan fingerprint density at radius 2 is 2.06 bits per heavy atom. The van der Waals surface area contributed by atoms with Gasteiger partial charge in [-0.15, -0.1) is 0 Å². The molecule has 0 unspecified atom stereocenters. The average molecular weight is 220 g/mol. The summed E-state index contributed by atoms with van der Waals surface area (Å²) in [5.41, 5.74) is 6.38. The summed E-state index contributed by atoms with van der Waals surface area (Å²) in [6, 6.07) is 7.43. The fourth-order valence-corrected chi connectivity index (χ4v) is 1.81. The van der Waals surface area contributed by atoms with Gasteiger partial charge in [0.05, 0.1) is 13.7 Å². The molecule has 0 aromatic heterocycles. The van der Waals surface area contributed by atoms with Crippen molar-refractivity contribution >= 4 is 5.78 Å². The number of nitrogens with two attached hydrogens (primary N) is 1. The number of hydrogen-bond acceptors (Lipinski definition) is 4. The molecule has 0 saturated carbocycles. The van der Waals surface area contributed by atoms with Crippen LogP contribution >= 0.6 is 0 Å². The lowest BCUT2D eigenvalue weighted by atomic mass is 10.1. The molecule has 1 aliphatic heterocycles. The van der Waals surface area contributed by atoms with Crippen molar-refractivity contribution in [1.82, 2.24) is 4.90 Å². The summed E-state index contributed by atoms with van der Waals surface area (Å²) in [5, 5.41) is 0. The van der Waals surface area contributed by atoms with Gasteiger partial charge in [-0.2, -0.15) is 0 Å². The Balaban J connectivity index is 1.93. The van der Waals surface area contributed by atoms with E-state index in [-0.39, 0.29) is 11.8 Å². The fraction of sp³-hybridized carbons (Fsp3) is 0.417. The maximum Gasteiger partial charge on any atom is 0.176 e. The number of ether oxygens (including phenoxy) is 1. The summed E-state index contributed by atoms with van der Waals surface area (Å²) in [6.45, 7) is 2.10. The molecule has 16 heavy (non-hydrogen) atoms. The van der Waals surface area contributed by atoms with Crippen molar-refractivity contribution in [2.75, 3.05) is 26.7 Å². The number of methoxy groups -OCH3 is 1. The van der Waals surface area contributed by atoms with E-state index in [9.17, 15) is 4.79 Å². The number of likely N-dealkylation sites (tertiary alicyclic amines) is 1. The van der Waals surface area contributed by atoms with E-state index in [4.69, 9.17) is 10.5 Å². The number of Topliss-reactive ketones (excluding diaryl/α,β-unsaturated/α-hetero) is 1. The third-order valence-electron chi connectivity index (χ3n) is 2.76. The Morgan fingerprint density at radius 1 is 1.44 bits per heavy atom. The van der Waals surface area contributed by atoms with Crippen molar-refractivity contribution in [2.24, 2.45) is 5.73 Å². The first kappa shape index (κ1) is 11.1. The van der Waals surface area contributed by atoms with Gasteiger partial charge in [0.25, 0.3) is 0 Å². The quantitative estimate of drug-likeness (QED) is 0.752. The molecule has 2 N–H and O–H groups in total. The van der Waals surface area contributed by atoms with Crippen molar-refractivity contribution in [3.05, 3.63) is 29.8 Å². The van der Waals surface area contributed by atoms with E-state index >= 15 is 0 Å². The second-order valence-electron chi connectivity index (χ2n) is 4.11. The maximum atomic E-state index is 11.8. The Kier molecular flexibility index (Phi) is 3.22. The number of carbonyl (C=O) groups excluding carboxylic acids is 1. The molecule has 4 nitrogen and oxygen atoms in total. The molecule has 0 aliphatic carbocycles. The predicted octanol–water partition coefficient (Wildman–Crippen LogP) is 0.521. The van der Waals surface area contributed by atoms with Crippen LogP contribution in [0.4, 0.5) is 0 Å². The van der Waals surface area contributed by atoms with Gasteiger partial charge in [0.1, 0.15) is 5.75 Å². The van der Waals surface area contributed by atoms with Gasteiger partial charge in [-0.05, 0) is 24.3 Å². The molecule has 0 atom stereocenters. The van der Waals surface area contributed by atoms with Crippen LogP contribution in [0.2, 0.25) is 0 Å². The third kappa shape index (κ3) is 2.40. The predicted molar refractivity (Wildman–Crippen MR) is 61.7 cm³/mol. The third-order valence-corrected chi connectivity index (χ3v) is 2.76. The van der Waals surface area contributed by atoms with Crippen LogP contribution in [0.25, 0.3) is 0 Å². The van der Waals surface area contributed by atoms with E-state index in [1.54, 1.807) is 31.4 Å². The minimum Gasteiger partial charge on any atom is -0.497 e. The number of benzene rings is 1. The van der Waals surface area contributed by atoms with Gasteiger partial charge in [0.15, 0.2) is 5.78 Å². The summed E-state index contributed by atoms with van der Waals surface area (Å²) >= 11 is 0. The standard InChI is InChI=1S/C12H16N2O2/c1-16-11-4-2-9(3-5-11)12(15)8-14-6-10(13)7-14/h2-5,10H,6-8,13H2,1H3. The van der Waals surface area contributed by atoms with Gasteiger partial charge < -0.3 is 10.5 Å². The van der Waals surface area contributed by atoms with Crippen LogP contribution in [0, 0.1) is 0 Å². The van der Waals surface area contributed by atoms with Gasteiger partial charge >= 0.3 is 0 Å². The van der Waals surface area contributed by atoms with Gasteiger partial charge in [0, 0.05) is 24.7 Å². The lowest BCUT2D eigenvalue weighted by molar-refractivity contribution is 0.0843. The lowest BCUT2D eigenvalue weighted by Gasteiger charge is -2.36. The minimum absolute atomic E-state index is 0.134. The van der Waals surface area contributed by atoms with E-state index in [1.165, 1.54) is 0 Å². The van der Waals surface area contributed by atoms with Gasteiger partial charge in [-0.3, -0.25) is 9.69 Å². The first-order valence-electron chi connectivity index (χ1n) is 5.34. The Morgan fingerprint density at radius 3 is 2.56 bits per heavy atom. The van der Waals surface area contributed by atoms with Crippen LogP contribution < -0.4 is 10.5 Å². The van der Waals surface area contributed by atoms with Gasteiger partial charge in [-0.25, -0.2) is 0 Å². The van der Waals surface area contributed by atoms with E-state index in [0.717, 1.165) is 24.4 Å². The van der Waals surface area contributed by atoms with Crippen molar-refractivity contribution < 1.29 is 9.53 Å². The molecule has 1 aromatic rings. The number of ketones is 1. The maximum absolute atomic E-state index is 11.8. The fourth-order valence-electron chi connectivity index (χ4n) is 1.81. The second-order valence-corrected chi connectivity index (χ2v) is 4.11. The zero-order chi connectivity index (χ0) is 11.5. The Labute approximate surface area is 95.0 Å². The lowest BCUT2D eigenvalue weighted by Crippen LogP contribution is -2.56. The Bertz CT molecular complexity index is 369. The van der Waals surface area contributed by atoms with Crippen LogP contribution in [-0.4, -0.2) is 43.5 Å². The normalized spacial score (nSPS) is 16.9. The highest BCUT2D eigenvalue weighted by Crippen LogP contribution is 2.13. The molecule has 2 rings (SSSR count). The molecule has 0 amide bonds. The van der Waals surface area contributed by atoms with Gasteiger partial charge in [0.2, 0.25) is 0 Å². The van der Waals surface area contributed by atoms with Crippen LogP contribution in [-0.2, 0) is 0 Å². The van der Waals surface area contributed by atoms with Crippen molar-refractivity contribution in [3.8, 4) is 5.75 Å². The first-order valence-corrected chi connectivity index (χ1v) is 5.34. The van der Waals surface area contributed by atoms with E-state index < -0.39 is 0 Å². The monoisotopic (exact) mass is 220 g/mol. The van der Waals surface area contributed by atoms with Crippen molar-refractivity contribution in [1.29, 1.82) is 0 Å². The second kappa shape index (κ2) is 4.63. The van der Waals surface area contributed by atoms with Crippen LogP contribution in [0.5, 0.6) is 5.75 Å². The topological polar surface area (TPSA) is 55.6 Å². The molecule has 0 radical (unpaired) electrons. The Hall–Kier alpha value is -1.39. The van der Waals surface area contributed by atoms with Crippen molar-refractivity contribution in [3.63, 3.8) is 0 Å². The summed E-state index contributed by atoms with van der Waals surface area (Å²) < 4.78 is 5.04. The summed E-state index contributed by atoms with van der Waals surface area (Å²) in [4.78, 5) is 13.9. The van der Waals surface area contributed by atoms with Gasteiger partial charge in [-0.1, -0.05) is 0 Å². The highest BCUT2D eigenvalue weighted by atomic mass is 16.5. The number of rotatable bonds is 4. The molecule has 1 aromatic carbocycles. The molecule has 1 fully saturated rings. The zero-order valence-corrected chi connectivity index (χ0v) is 9.35. The number of carbonyl (C=O) groups is 1. The molecule has 4 heteroatoms. The first-order chi connectivity index (χ1) is 7.69. The summed E-state index contributed by atoms with van der Waals surface area (Å²) in [6.07, 6.45) is 0. The van der Waals surface area contributed by atoms with Crippen LogP contribution in [0.3, 0.4) is 0 Å². The molecular formula is C12H16N2O2. The highest BCUT2D eigenvalue weighted by molar-refractivity contribution is 5.97. The molecule has 86 valence electrons. The smallest absolute Gasteiger partial charge is 0.176 e. The SMILES string of the molecule is COc1ccc(C(=O)CN2CC(N)C2)cc1. The summed E-state index contributed by atoms with van der Waals surface area (Å²) in [7, 11) is 1.61. The van der Waals surface area contributed by atoms with E-state index in [2.05, 4.69) is 4.90 Å². The number of hydrogen-bond donors (Lipinski definition) is 1. The molecule has 1 aliphatic rings. The van der Waals surface area contributed by atoms with Crippen molar-refractivity contribution in [2.45, 2.75) is 6.04 Å². The molecular weight excluding hydrogens is 204 g/mol. The molecule has 0 spiro atoms. The molecule has 0 bridgehead atoms. The minimum atomic E-state index is 0.134. The van der Waals surface area contributed by atoms with E-state index in [0.29, 0.717) is 6.54 Å².